The van der Waals surface area contributed by atoms with Gasteiger partial charge in [-0.3, -0.25) is 0 Å². The van der Waals surface area contributed by atoms with Crippen molar-refractivity contribution in [3.63, 3.8) is 0 Å². The zero-order valence-electron chi connectivity index (χ0n) is 1.52. The molecule has 0 radical (unpaired) electrons. The summed E-state index contributed by atoms with van der Waals surface area (Å²) >= 11 is 0. The molecule has 28 valence electrons. The molecule has 0 rings (SSSR count). The second-order valence-electron chi connectivity index (χ2n) is 0. The van der Waals surface area contributed by atoms with E-state index in [-0.39, 0.29) is 80.3 Å². The zero-order chi connectivity index (χ0) is 0. The van der Waals surface area contributed by atoms with Gasteiger partial charge in [0.1, 0.15) is 0 Å². The molecular formula is H7CaClIN. The van der Waals surface area contributed by atoms with Crippen molar-refractivity contribution in [1.29, 1.82) is 0 Å². The minimum atomic E-state index is 0. The summed E-state index contributed by atoms with van der Waals surface area (Å²) in [5.41, 5.74) is 0. The first kappa shape index (κ1) is 34.2. The molecule has 3 N–H and O–H groups in total. The first-order valence-electron chi connectivity index (χ1n) is 0. The molecule has 0 fully saturated rings. The number of rotatable bonds is 0. The van der Waals surface area contributed by atoms with Crippen LogP contribution in [-0.4, -0.2) is 37.7 Å². The molecule has 4 heavy (non-hydrogen) atoms. The van der Waals surface area contributed by atoms with Crippen molar-refractivity contribution >= 4 is 74.1 Å². The van der Waals surface area contributed by atoms with Crippen molar-refractivity contribution in [2.45, 2.75) is 0 Å². The van der Waals surface area contributed by atoms with E-state index in [2.05, 4.69) is 0 Å². The van der Waals surface area contributed by atoms with Crippen LogP contribution < -0.4 is 6.15 Å². The van der Waals surface area contributed by atoms with Gasteiger partial charge in [-0.2, -0.15) is 0 Å². The monoisotopic (exact) mass is 223 g/mol. The summed E-state index contributed by atoms with van der Waals surface area (Å²) in [6, 6.07) is 0. The fourth-order valence-corrected chi connectivity index (χ4v) is 0. The summed E-state index contributed by atoms with van der Waals surface area (Å²) in [7, 11) is 0. The Kier molecular flexibility index (Phi) is 160. The predicted octanol–water partition coefficient (Wildman–Crippen LogP) is 0.286. The van der Waals surface area contributed by atoms with Crippen LogP contribution >= 0.6 is 36.4 Å². The van der Waals surface area contributed by atoms with Crippen LogP contribution in [0.5, 0.6) is 0 Å². The van der Waals surface area contributed by atoms with Crippen LogP contribution in [0.15, 0.2) is 0 Å². The van der Waals surface area contributed by atoms with Crippen LogP contribution in [0.1, 0.15) is 0 Å². The third-order valence-electron chi connectivity index (χ3n) is 0. The van der Waals surface area contributed by atoms with E-state index in [0.717, 1.165) is 0 Å². The average molecular weight is 223 g/mol. The van der Waals surface area contributed by atoms with Crippen molar-refractivity contribution in [3.8, 4) is 0 Å². The SMILES string of the molecule is Cl.I.N.[CaH2]. The average Bonchev–Trinajstić information content (AvgIpc) is 0. The summed E-state index contributed by atoms with van der Waals surface area (Å²) in [5, 5.41) is 0. The summed E-state index contributed by atoms with van der Waals surface area (Å²) in [6.45, 7) is 0. The molecule has 0 saturated heterocycles. The van der Waals surface area contributed by atoms with Crippen LogP contribution in [0.3, 0.4) is 0 Å². The van der Waals surface area contributed by atoms with Crippen LogP contribution in [0.4, 0.5) is 0 Å². The molecule has 0 heterocycles. The zero-order valence-corrected chi connectivity index (χ0v) is 4.67. The molecule has 0 amide bonds. The molecule has 0 aliphatic carbocycles. The first-order valence-corrected chi connectivity index (χ1v) is 0. The Balaban J connectivity index is 0. The van der Waals surface area contributed by atoms with Gasteiger partial charge in [0.25, 0.3) is 0 Å². The van der Waals surface area contributed by atoms with Gasteiger partial charge in [0, 0.05) is 0 Å². The van der Waals surface area contributed by atoms with E-state index < -0.39 is 0 Å². The summed E-state index contributed by atoms with van der Waals surface area (Å²) in [4.78, 5) is 0. The van der Waals surface area contributed by atoms with E-state index in [4.69, 9.17) is 0 Å². The van der Waals surface area contributed by atoms with Crippen LogP contribution in [0, 0.1) is 0 Å². The molecule has 0 bridgehead atoms. The van der Waals surface area contributed by atoms with Crippen LogP contribution in [0.25, 0.3) is 0 Å². The van der Waals surface area contributed by atoms with Gasteiger partial charge in [-0.1, -0.05) is 0 Å². The van der Waals surface area contributed by atoms with Gasteiger partial charge in [-0.15, -0.1) is 36.4 Å². The first-order chi connectivity index (χ1) is 0. The van der Waals surface area contributed by atoms with Gasteiger partial charge in [-0.05, 0) is 0 Å². The Morgan fingerprint density at radius 2 is 1.00 bits per heavy atom. The van der Waals surface area contributed by atoms with Crippen molar-refractivity contribution in [2.24, 2.45) is 0 Å². The Bertz CT molecular complexity index is 8.00. The second-order valence-corrected chi connectivity index (χ2v) is 0. The molecule has 4 heteroatoms. The molecule has 0 atom stereocenters. The van der Waals surface area contributed by atoms with E-state index in [1.807, 2.05) is 0 Å². The molecule has 1 nitrogen and oxygen atoms in total. The van der Waals surface area contributed by atoms with Crippen molar-refractivity contribution < 1.29 is 0 Å². The molecule has 0 unspecified atom stereocenters. The quantitative estimate of drug-likeness (QED) is 0.465. The summed E-state index contributed by atoms with van der Waals surface area (Å²) < 4.78 is 0. The summed E-state index contributed by atoms with van der Waals surface area (Å²) in [6.07, 6.45) is 0. The molecule has 0 saturated carbocycles. The van der Waals surface area contributed by atoms with Crippen molar-refractivity contribution in [2.75, 3.05) is 0 Å². The number of hydrogen-bond donors (Lipinski definition) is 1. The number of hydrogen-bond acceptors (Lipinski definition) is 1. The Hall–Kier alpha value is 2.24. The molecule has 0 aromatic carbocycles. The predicted molar refractivity (Wildman–Crippen MR) is 36.2 cm³/mol. The Morgan fingerprint density at radius 3 is 1.00 bits per heavy atom. The molecule has 0 aliphatic rings. The van der Waals surface area contributed by atoms with Crippen molar-refractivity contribution in [3.05, 3.63) is 0 Å². The minimum absolute atomic E-state index is 0. The molecule has 0 spiro atoms. The van der Waals surface area contributed by atoms with Crippen LogP contribution in [-0.2, 0) is 0 Å². The third-order valence-corrected chi connectivity index (χ3v) is 0. The van der Waals surface area contributed by atoms with E-state index >= 15 is 0 Å². The fraction of sp³-hybridized carbons (Fsp3) is 0. The topological polar surface area (TPSA) is 35.0 Å². The molecule has 0 aromatic heterocycles. The van der Waals surface area contributed by atoms with Crippen molar-refractivity contribution in [1.82, 2.24) is 6.15 Å². The third kappa shape index (κ3) is 8.87. The van der Waals surface area contributed by atoms with Crippen LogP contribution in [0.2, 0.25) is 0 Å². The van der Waals surface area contributed by atoms with Gasteiger partial charge in [0.05, 0.1) is 0 Å². The van der Waals surface area contributed by atoms with Gasteiger partial charge in [0.15, 0.2) is 0 Å². The normalized spacial score (nSPS) is 0. The van der Waals surface area contributed by atoms with Gasteiger partial charge >= 0.3 is 37.7 Å². The summed E-state index contributed by atoms with van der Waals surface area (Å²) in [5.74, 6) is 0. The fourth-order valence-electron chi connectivity index (χ4n) is 0. The maximum absolute atomic E-state index is 0. The second kappa shape index (κ2) is 18.8. The molecular weight excluding hydrogens is 216 g/mol. The van der Waals surface area contributed by atoms with E-state index in [1.54, 1.807) is 0 Å². The molecule has 0 aromatic rings. The van der Waals surface area contributed by atoms with E-state index in [1.165, 1.54) is 0 Å². The van der Waals surface area contributed by atoms with E-state index in [9.17, 15) is 0 Å². The number of halogens is 2. The maximum atomic E-state index is 0. The Labute approximate surface area is 78.9 Å². The van der Waals surface area contributed by atoms with Gasteiger partial charge in [-0.25, -0.2) is 0 Å². The van der Waals surface area contributed by atoms with Gasteiger partial charge in [0.2, 0.25) is 0 Å². The standard InChI is InChI=1S/Ca.ClH.HI.H3N.2H/h;2*1H;1H3;;. The molecule has 0 aliphatic heterocycles. The Morgan fingerprint density at radius 1 is 1.00 bits per heavy atom. The van der Waals surface area contributed by atoms with E-state index in [0.29, 0.717) is 0 Å². The van der Waals surface area contributed by atoms with Gasteiger partial charge < -0.3 is 6.15 Å².